The van der Waals surface area contributed by atoms with E-state index < -0.39 is 133 Å². The molecular formula is C41H78N14O12. The van der Waals surface area contributed by atoms with Crippen LogP contribution in [0.5, 0.6) is 0 Å². The second-order valence-electron chi connectivity index (χ2n) is 16.5. The Morgan fingerprint density at radius 1 is 0.537 bits per heavy atom. The number of carboxylic acids is 1. The summed E-state index contributed by atoms with van der Waals surface area (Å²) in [5.74, 6) is -10.2. The van der Waals surface area contributed by atoms with Gasteiger partial charge in [0.15, 0.2) is 5.96 Å². The lowest BCUT2D eigenvalue weighted by Gasteiger charge is -2.30. The zero-order valence-electron chi connectivity index (χ0n) is 39.4. The van der Waals surface area contributed by atoms with Crippen LogP contribution in [0.15, 0.2) is 4.99 Å². The number of amides is 8. The van der Waals surface area contributed by atoms with E-state index in [9.17, 15) is 58.5 Å². The number of nitrogens with one attached hydrogen (secondary N) is 7. The molecule has 0 aromatic carbocycles. The highest BCUT2D eigenvalue weighted by Crippen LogP contribution is 2.13. The number of aliphatic carboxylic acids is 1. The molecule has 26 heteroatoms. The van der Waals surface area contributed by atoms with Crippen LogP contribution in [-0.4, -0.2) is 155 Å². The van der Waals surface area contributed by atoms with Gasteiger partial charge in [0, 0.05) is 6.54 Å². The van der Waals surface area contributed by atoms with Crippen LogP contribution in [0.3, 0.4) is 0 Å². The van der Waals surface area contributed by atoms with E-state index in [4.69, 9.17) is 34.4 Å². The number of aliphatic hydroxyl groups excluding tert-OH is 2. The minimum Gasteiger partial charge on any atom is -0.480 e. The first kappa shape index (κ1) is 61.3. The Morgan fingerprint density at radius 3 is 1.37 bits per heavy atom. The smallest absolute Gasteiger partial charge is 0.326 e. The number of primary amides is 1. The maximum atomic E-state index is 14.1. The first-order valence-electron chi connectivity index (χ1n) is 22.6. The summed E-state index contributed by atoms with van der Waals surface area (Å²) in [4.78, 5) is 123. The van der Waals surface area contributed by atoms with E-state index in [1.165, 1.54) is 6.92 Å². The average molecular weight is 959 g/mol. The highest BCUT2D eigenvalue weighted by atomic mass is 16.4. The molecule has 0 aliphatic heterocycles. The first-order valence-corrected chi connectivity index (χ1v) is 22.6. The Hall–Kier alpha value is -5.70. The van der Waals surface area contributed by atoms with Gasteiger partial charge >= 0.3 is 5.97 Å². The van der Waals surface area contributed by atoms with Crippen molar-refractivity contribution < 1.29 is 58.5 Å². The van der Waals surface area contributed by atoms with Crippen molar-refractivity contribution in [3.63, 3.8) is 0 Å². The number of aliphatic hydroxyl groups is 2. The fourth-order valence-corrected chi connectivity index (χ4v) is 6.41. The predicted octanol–water partition coefficient (Wildman–Crippen LogP) is -5.56. The molecule has 0 aromatic heterocycles. The lowest BCUT2D eigenvalue weighted by Crippen LogP contribution is -2.63. The van der Waals surface area contributed by atoms with Crippen molar-refractivity contribution in [2.45, 2.75) is 160 Å². The van der Waals surface area contributed by atoms with E-state index in [0.717, 1.165) is 0 Å². The first-order chi connectivity index (χ1) is 31.5. The fraction of sp³-hybridized carbons (Fsp3) is 0.756. The van der Waals surface area contributed by atoms with Crippen molar-refractivity contribution in [2.24, 2.45) is 51.2 Å². The molecule has 26 nitrogen and oxygen atoms in total. The Morgan fingerprint density at radius 2 is 0.925 bits per heavy atom. The number of carboxylic acid groups (broad SMARTS) is 1. The number of aliphatic imine (C=N–C) groups is 1. The summed E-state index contributed by atoms with van der Waals surface area (Å²) in [5.41, 5.74) is 33.1. The van der Waals surface area contributed by atoms with Crippen LogP contribution in [0.2, 0.25) is 0 Å². The number of guanidine groups is 1. The molecule has 0 radical (unpaired) electrons. The monoisotopic (exact) mass is 959 g/mol. The quantitative estimate of drug-likeness (QED) is 0.0160. The van der Waals surface area contributed by atoms with Crippen molar-refractivity contribution >= 4 is 59.2 Å². The SMILES string of the molecule is CC[C@H](C)[C@H](NC(=O)[C@H](CCCN=C(N)N)NC(=O)[C@@H](NC(=O)[C@@H](NC(=O)[C@@H](N)CO)[C@@H](C)CC)[C@@H](C)O)C(=O)N[C@@H](CC(N)=O)C(=O)N[C@@H](CCCCN)C(=O)N[C@@H](CCCCN)C(=O)O. The third-order valence-corrected chi connectivity index (χ3v) is 10.9. The molecule has 384 valence electrons. The molecule has 0 spiro atoms. The van der Waals surface area contributed by atoms with Gasteiger partial charge in [0.25, 0.3) is 0 Å². The third kappa shape index (κ3) is 23.5. The molecular weight excluding hydrogens is 881 g/mol. The van der Waals surface area contributed by atoms with E-state index in [2.05, 4.69) is 42.2 Å². The van der Waals surface area contributed by atoms with Crippen LogP contribution in [0.4, 0.5) is 0 Å². The van der Waals surface area contributed by atoms with E-state index in [1.807, 2.05) is 0 Å². The minimum atomic E-state index is -1.69. The average Bonchev–Trinajstić information content (AvgIpc) is 3.27. The summed E-state index contributed by atoms with van der Waals surface area (Å²) >= 11 is 0. The van der Waals surface area contributed by atoms with Gasteiger partial charge in [-0.15, -0.1) is 0 Å². The van der Waals surface area contributed by atoms with Crippen molar-refractivity contribution in [1.82, 2.24) is 37.2 Å². The van der Waals surface area contributed by atoms with E-state index in [1.54, 1.807) is 27.7 Å². The lowest BCUT2D eigenvalue weighted by molar-refractivity contribution is -0.142. The second-order valence-corrected chi connectivity index (χ2v) is 16.5. The Bertz CT molecular complexity index is 1650. The predicted molar refractivity (Wildman–Crippen MR) is 246 cm³/mol. The van der Waals surface area contributed by atoms with Crippen LogP contribution in [0.25, 0.3) is 0 Å². The van der Waals surface area contributed by atoms with Crippen LogP contribution in [0.1, 0.15) is 105 Å². The van der Waals surface area contributed by atoms with Crippen LogP contribution in [0, 0.1) is 11.8 Å². The van der Waals surface area contributed by atoms with E-state index in [0.29, 0.717) is 38.6 Å². The maximum absolute atomic E-state index is 14.1. The Kier molecular flexibility index (Phi) is 30.1. The number of hydrogen-bond donors (Lipinski definition) is 16. The van der Waals surface area contributed by atoms with Gasteiger partial charge in [0.1, 0.15) is 48.3 Å². The van der Waals surface area contributed by atoms with Crippen molar-refractivity contribution in [3.8, 4) is 0 Å². The summed E-state index contributed by atoms with van der Waals surface area (Å²) in [6, 6.07) is -11.5. The summed E-state index contributed by atoms with van der Waals surface area (Å²) in [6.45, 7) is 7.74. The third-order valence-electron chi connectivity index (χ3n) is 10.9. The highest BCUT2D eigenvalue weighted by molar-refractivity contribution is 5.98. The number of carbonyl (C=O) groups is 9. The van der Waals surface area contributed by atoms with Crippen molar-refractivity contribution in [3.05, 3.63) is 0 Å². The second kappa shape index (κ2) is 32.9. The van der Waals surface area contributed by atoms with Gasteiger partial charge in [0.05, 0.1) is 19.1 Å². The molecule has 22 N–H and O–H groups in total. The van der Waals surface area contributed by atoms with Gasteiger partial charge in [0.2, 0.25) is 47.3 Å². The summed E-state index contributed by atoms with van der Waals surface area (Å²) < 4.78 is 0. The van der Waals surface area contributed by atoms with Gasteiger partial charge in [-0.3, -0.25) is 43.3 Å². The van der Waals surface area contributed by atoms with Crippen molar-refractivity contribution in [2.75, 3.05) is 26.2 Å². The molecule has 67 heavy (non-hydrogen) atoms. The van der Waals surface area contributed by atoms with Crippen LogP contribution < -0.4 is 71.6 Å². The van der Waals surface area contributed by atoms with Crippen molar-refractivity contribution in [1.29, 1.82) is 0 Å². The van der Waals surface area contributed by atoms with Gasteiger partial charge in [-0.25, -0.2) is 4.79 Å². The molecule has 0 saturated carbocycles. The zero-order chi connectivity index (χ0) is 51.4. The molecule has 0 unspecified atom stereocenters. The zero-order valence-corrected chi connectivity index (χ0v) is 39.4. The molecule has 0 bridgehead atoms. The number of unbranched alkanes of at least 4 members (excludes halogenated alkanes) is 2. The largest absolute Gasteiger partial charge is 0.480 e. The number of carbonyl (C=O) groups excluding carboxylic acids is 8. The number of nitrogens with two attached hydrogens (primary N) is 6. The number of hydrogen-bond acceptors (Lipinski definition) is 15. The van der Waals surface area contributed by atoms with E-state index in [-0.39, 0.29) is 51.2 Å². The highest BCUT2D eigenvalue weighted by Gasteiger charge is 2.37. The van der Waals surface area contributed by atoms with E-state index >= 15 is 0 Å². The Labute approximate surface area is 391 Å². The van der Waals surface area contributed by atoms with Gasteiger partial charge in [-0.05, 0) is 83.2 Å². The Balaban J connectivity index is 6.70. The van der Waals surface area contributed by atoms with Gasteiger partial charge in [-0.2, -0.15) is 0 Å². The summed E-state index contributed by atoms with van der Waals surface area (Å²) in [7, 11) is 0. The molecule has 11 atom stereocenters. The standard InChI is InChI=1S/C41H78N14O12/c1-6-21(3)30(37(63)52-28(19-29(45)58)36(62)49-25(13-8-10-16-42)34(60)51-27(40(66)67)14-9-11-17-43)54-35(61)26(15-12-18-48-41(46)47)50-39(65)32(23(5)57)55-38(64)31(22(4)7-2)53-33(59)24(44)20-56/h21-28,30-32,56-57H,6-20,42-44H2,1-5H3,(H2,45,58)(H,49,62)(H,50,65)(H,51,60)(H,52,63)(H,53,59)(H,54,61)(H,55,64)(H,66,67)(H4,46,47,48)/t21-,22-,23+,24-,25-,26-,27-,28-,30-,31-,32-/m0/s1. The minimum absolute atomic E-state index is 0.000483. The topological polar surface area (TPSA) is 467 Å². The normalized spacial score (nSPS) is 16.0. The summed E-state index contributed by atoms with van der Waals surface area (Å²) in [6.07, 6.45) is 0.0534. The number of rotatable bonds is 35. The molecule has 0 aliphatic carbocycles. The lowest BCUT2D eigenvalue weighted by atomic mass is 9.96. The molecule has 8 amide bonds. The molecule has 0 heterocycles. The van der Waals surface area contributed by atoms with Crippen LogP contribution in [-0.2, 0) is 43.2 Å². The molecule has 0 fully saturated rings. The number of nitrogens with zero attached hydrogens (tertiary/aromatic N) is 1. The molecule has 0 aliphatic rings. The fourth-order valence-electron chi connectivity index (χ4n) is 6.41. The summed E-state index contributed by atoms with van der Waals surface area (Å²) in [5, 5.41) is 47.0. The molecule has 0 rings (SSSR count). The van der Waals surface area contributed by atoms with Crippen LogP contribution >= 0.6 is 0 Å². The molecule has 0 aromatic rings. The van der Waals surface area contributed by atoms with Gasteiger partial charge < -0.3 is 86.9 Å². The van der Waals surface area contributed by atoms with Gasteiger partial charge in [-0.1, -0.05) is 40.5 Å². The molecule has 0 saturated heterocycles. The maximum Gasteiger partial charge on any atom is 0.326 e.